The van der Waals surface area contributed by atoms with E-state index in [9.17, 15) is 0 Å². The molecule has 0 bridgehead atoms. The van der Waals surface area contributed by atoms with Gasteiger partial charge >= 0.3 is 0 Å². The molecule has 11 heavy (non-hydrogen) atoms. The highest BCUT2D eigenvalue weighted by molar-refractivity contribution is 6.43. The average Bonchev–Trinajstić information content (AvgIpc) is 1.89. The number of nitriles is 1. The molecule has 0 rings (SSSR count). The van der Waals surface area contributed by atoms with Gasteiger partial charge in [0.25, 0.3) is 0 Å². The van der Waals surface area contributed by atoms with Gasteiger partial charge in [0.05, 0.1) is 10.1 Å². The van der Waals surface area contributed by atoms with Gasteiger partial charge in [-0.15, -0.1) is 0 Å². The molecule has 0 aliphatic carbocycles. The van der Waals surface area contributed by atoms with Gasteiger partial charge < -0.3 is 0 Å². The third-order valence-corrected chi connectivity index (χ3v) is 1.05. The Balaban J connectivity index is 0. The van der Waals surface area contributed by atoms with Crippen molar-refractivity contribution in [1.82, 2.24) is 0 Å². The molecule has 0 N–H and O–H groups in total. The van der Waals surface area contributed by atoms with Crippen molar-refractivity contribution in [2.24, 2.45) is 0 Å². The Labute approximate surface area is 81.2 Å². The first kappa shape index (κ1) is 13.2. The van der Waals surface area contributed by atoms with Gasteiger partial charge in [-0.3, -0.25) is 0 Å². The van der Waals surface area contributed by atoms with Gasteiger partial charge in [-0.25, -0.2) is 0 Å². The van der Waals surface area contributed by atoms with Crippen LogP contribution in [0.4, 0.5) is 0 Å². The lowest BCUT2D eigenvalue weighted by atomic mass is 10.6. The molecule has 0 heterocycles. The summed E-state index contributed by atoms with van der Waals surface area (Å²) in [5.74, 6) is 0. The molecule has 0 atom stereocenters. The molecule has 0 aliphatic heterocycles. The van der Waals surface area contributed by atoms with Crippen LogP contribution in [0.15, 0.2) is 34.8 Å². The van der Waals surface area contributed by atoms with E-state index < -0.39 is 0 Å². The minimum Gasteiger partial charge on any atom is -0.191 e. The van der Waals surface area contributed by atoms with Crippen molar-refractivity contribution in [2.45, 2.75) is 0 Å². The molecule has 0 amide bonds. The van der Waals surface area contributed by atoms with E-state index in [-0.39, 0.29) is 5.03 Å². The van der Waals surface area contributed by atoms with Crippen LogP contribution in [0.2, 0.25) is 0 Å². The zero-order valence-electron chi connectivity index (χ0n) is 5.70. The van der Waals surface area contributed by atoms with Gasteiger partial charge in [-0.1, -0.05) is 54.5 Å². The van der Waals surface area contributed by atoms with Crippen molar-refractivity contribution in [3.8, 4) is 6.07 Å². The lowest BCUT2D eigenvalue weighted by Crippen LogP contribution is -1.57. The highest BCUT2D eigenvalue weighted by Gasteiger charge is 1.84. The molecular formula is C7H6Cl3N. The molecule has 0 aromatic rings. The quantitative estimate of drug-likeness (QED) is 0.478. The van der Waals surface area contributed by atoms with Crippen molar-refractivity contribution >= 4 is 34.8 Å². The van der Waals surface area contributed by atoms with Gasteiger partial charge in [0.15, 0.2) is 0 Å². The Morgan fingerprint density at radius 1 is 1.00 bits per heavy atom. The second-order valence-electron chi connectivity index (χ2n) is 1.33. The van der Waals surface area contributed by atoms with E-state index >= 15 is 0 Å². The zero-order valence-corrected chi connectivity index (χ0v) is 7.97. The summed E-state index contributed by atoms with van der Waals surface area (Å²) in [6.45, 7) is 9.66. The van der Waals surface area contributed by atoms with Crippen LogP contribution in [0, 0.1) is 11.3 Å². The van der Waals surface area contributed by atoms with Gasteiger partial charge in [-0.2, -0.15) is 5.26 Å². The highest BCUT2D eigenvalue weighted by Crippen LogP contribution is 2.12. The first-order valence-corrected chi connectivity index (χ1v) is 3.49. The molecular weight excluding hydrogens is 204 g/mol. The highest BCUT2D eigenvalue weighted by atomic mass is 35.5. The number of nitrogens with zero attached hydrogens (tertiary/aromatic N) is 1. The molecule has 0 aromatic carbocycles. The molecule has 0 saturated carbocycles. The summed E-state index contributed by atoms with van der Waals surface area (Å²) in [4.78, 5) is 0. The number of halogens is 3. The standard InChI is InChI=1S/C4H4Cl2.C3H2ClN/c1-3(5)4(2)6;1-3(4)2-5/h1-2H2;1H2. The summed E-state index contributed by atoms with van der Waals surface area (Å²) in [5.41, 5.74) is 0. The van der Waals surface area contributed by atoms with Crippen molar-refractivity contribution in [3.63, 3.8) is 0 Å². The molecule has 60 valence electrons. The molecule has 0 saturated heterocycles. The maximum absolute atomic E-state index is 7.66. The van der Waals surface area contributed by atoms with Crippen molar-refractivity contribution < 1.29 is 0 Å². The summed E-state index contributed by atoms with van der Waals surface area (Å²) in [6, 6.07) is 1.60. The van der Waals surface area contributed by atoms with Crippen molar-refractivity contribution in [1.29, 1.82) is 5.26 Å². The topological polar surface area (TPSA) is 23.8 Å². The fourth-order valence-electron chi connectivity index (χ4n) is 0. The van der Waals surface area contributed by atoms with Gasteiger partial charge in [0.2, 0.25) is 0 Å². The van der Waals surface area contributed by atoms with Crippen LogP contribution < -0.4 is 0 Å². The second kappa shape index (κ2) is 7.68. The molecule has 4 heteroatoms. The van der Waals surface area contributed by atoms with Gasteiger partial charge in [0.1, 0.15) is 11.1 Å². The Hall–Kier alpha value is -0.420. The maximum atomic E-state index is 7.66. The van der Waals surface area contributed by atoms with E-state index in [1.165, 1.54) is 0 Å². The number of allylic oxidation sites excluding steroid dienone is 3. The van der Waals surface area contributed by atoms with E-state index in [1.807, 2.05) is 0 Å². The lowest BCUT2D eigenvalue weighted by molar-refractivity contribution is 1.53. The van der Waals surface area contributed by atoms with Crippen LogP contribution in [0.1, 0.15) is 0 Å². The van der Waals surface area contributed by atoms with E-state index in [4.69, 9.17) is 40.1 Å². The van der Waals surface area contributed by atoms with E-state index in [0.717, 1.165) is 0 Å². The third-order valence-electron chi connectivity index (χ3n) is 0.416. The van der Waals surface area contributed by atoms with E-state index in [1.54, 1.807) is 6.07 Å². The lowest BCUT2D eigenvalue weighted by Gasteiger charge is -1.81. The smallest absolute Gasteiger partial charge is 0.111 e. The van der Waals surface area contributed by atoms with Crippen LogP contribution in [0.5, 0.6) is 0 Å². The summed E-state index contributed by atoms with van der Waals surface area (Å²) in [6.07, 6.45) is 0. The van der Waals surface area contributed by atoms with Crippen LogP contribution in [0.25, 0.3) is 0 Å². The van der Waals surface area contributed by atoms with E-state index in [0.29, 0.717) is 10.1 Å². The Kier molecular flexibility index (Phi) is 9.21. The Bertz CT molecular complexity index is 200. The monoisotopic (exact) mass is 209 g/mol. The molecule has 0 radical (unpaired) electrons. The first-order valence-electron chi connectivity index (χ1n) is 2.35. The molecule has 0 spiro atoms. The van der Waals surface area contributed by atoms with Crippen molar-refractivity contribution in [3.05, 3.63) is 34.8 Å². The normalized spacial score (nSPS) is 6.73. The maximum Gasteiger partial charge on any atom is 0.111 e. The Morgan fingerprint density at radius 2 is 1.18 bits per heavy atom. The Morgan fingerprint density at radius 3 is 1.18 bits per heavy atom. The zero-order chi connectivity index (χ0) is 9.44. The van der Waals surface area contributed by atoms with Crippen molar-refractivity contribution in [2.75, 3.05) is 0 Å². The van der Waals surface area contributed by atoms with Crippen LogP contribution in [-0.4, -0.2) is 0 Å². The fraction of sp³-hybridized carbons (Fsp3) is 0. The van der Waals surface area contributed by atoms with Crippen LogP contribution in [0.3, 0.4) is 0 Å². The molecule has 0 aromatic heterocycles. The minimum absolute atomic E-state index is 0.0324. The second-order valence-corrected chi connectivity index (χ2v) is 2.70. The van der Waals surface area contributed by atoms with Crippen LogP contribution >= 0.6 is 34.8 Å². The minimum atomic E-state index is 0.0324. The number of rotatable bonds is 1. The predicted molar refractivity (Wildman–Crippen MR) is 50.6 cm³/mol. The molecule has 0 aliphatic rings. The summed E-state index contributed by atoms with van der Waals surface area (Å²) in [7, 11) is 0. The molecule has 0 fully saturated rings. The average molecular weight is 210 g/mol. The SMILES string of the molecule is C=C(Cl)C#N.C=C(Cl)C(=C)Cl. The predicted octanol–water partition coefficient (Wildman–Crippen LogP) is 3.75. The van der Waals surface area contributed by atoms with Gasteiger partial charge in [-0.05, 0) is 0 Å². The van der Waals surface area contributed by atoms with Gasteiger partial charge in [0, 0.05) is 0 Å². The summed E-state index contributed by atoms with van der Waals surface area (Å²) < 4.78 is 0. The number of hydrogen-bond donors (Lipinski definition) is 0. The first-order chi connectivity index (χ1) is 4.91. The molecule has 1 nitrogen and oxygen atoms in total. The van der Waals surface area contributed by atoms with E-state index in [2.05, 4.69) is 19.7 Å². The van der Waals surface area contributed by atoms with Crippen LogP contribution in [-0.2, 0) is 0 Å². The fourth-order valence-corrected chi connectivity index (χ4v) is 0. The molecule has 0 unspecified atom stereocenters. The third kappa shape index (κ3) is 17.7. The summed E-state index contributed by atoms with van der Waals surface area (Å²) >= 11 is 15.3. The summed E-state index contributed by atoms with van der Waals surface area (Å²) in [5, 5.41) is 8.30. The number of hydrogen-bond acceptors (Lipinski definition) is 1. The largest absolute Gasteiger partial charge is 0.191 e.